The molecule has 0 saturated heterocycles. The average Bonchev–Trinajstić information content (AvgIpc) is 2.98. The van der Waals surface area contributed by atoms with Gasteiger partial charge in [-0.3, -0.25) is 0 Å². The van der Waals surface area contributed by atoms with Crippen molar-refractivity contribution in [2.75, 3.05) is 0 Å². The molecule has 3 nitrogen and oxygen atoms in total. The Morgan fingerprint density at radius 1 is 1.25 bits per heavy atom. The molecule has 0 amide bonds. The van der Waals surface area contributed by atoms with E-state index in [-0.39, 0.29) is 17.6 Å². The number of imidazole rings is 1. The molecule has 5 rings (SSSR count). The predicted molar refractivity (Wildman–Crippen MR) is 76.2 cm³/mol. The standard InChI is InChI=1S/C17H18N2O/c20-16-13(8-17(16)6-3-7-17)15-12-5-2-1-4-11(12)14-9-18-10-19(14)15/h1-2,4-5,9-10,13,15-16,20H,3,6-8H2/t13-,15+,16-/m0/s1. The van der Waals surface area contributed by atoms with E-state index in [9.17, 15) is 5.11 Å². The summed E-state index contributed by atoms with van der Waals surface area (Å²) < 4.78 is 2.27. The Morgan fingerprint density at radius 3 is 2.85 bits per heavy atom. The molecule has 3 atom stereocenters. The highest BCUT2D eigenvalue weighted by Crippen LogP contribution is 2.63. The normalized spacial score (nSPS) is 32.4. The van der Waals surface area contributed by atoms with Gasteiger partial charge < -0.3 is 9.67 Å². The first-order valence-electron chi connectivity index (χ1n) is 7.59. The molecule has 1 aliphatic heterocycles. The third-order valence-corrected chi connectivity index (χ3v) is 5.95. The summed E-state index contributed by atoms with van der Waals surface area (Å²) in [5, 5.41) is 10.7. The van der Waals surface area contributed by atoms with Crippen LogP contribution < -0.4 is 0 Å². The molecule has 0 bridgehead atoms. The molecule has 2 aliphatic carbocycles. The second-order valence-corrected chi connectivity index (χ2v) is 6.75. The van der Waals surface area contributed by atoms with Gasteiger partial charge >= 0.3 is 0 Å². The minimum atomic E-state index is -0.136. The van der Waals surface area contributed by atoms with E-state index in [1.807, 2.05) is 12.5 Å². The summed E-state index contributed by atoms with van der Waals surface area (Å²) in [6.07, 6.45) is 8.64. The molecular formula is C17H18N2O. The number of aliphatic hydroxyl groups excluding tert-OH is 1. The third kappa shape index (κ3) is 1.14. The first-order chi connectivity index (χ1) is 9.80. The topological polar surface area (TPSA) is 38.1 Å². The van der Waals surface area contributed by atoms with E-state index in [4.69, 9.17) is 0 Å². The van der Waals surface area contributed by atoms with Crippen LogP contribution in [0.2, 0.25) is 0 Å². The van der Waals surface area contributed by atoms with Crippen molar-refractivity contribution >= 4 is 0 Å². The van der Waals surface area contributed by atoms with Crippen LogP contribution in [0, 0.1) is 11.3 Å². The van der Waals surface area contributed by atoms with Crippen molar-refractivity contribution in [3.05, 3.63) is 42.4 Å². The Bertz CT molecular complexity index is 686. The highest BCUT2D eigenvalue weighted by Gasteiger charge is 2.59. The van der Waals surface area contributed by atoms with Crippen molar-refractivity contribution in [2.24, 2.45) is 11.3 Å². The first kappa shape index (κ1) is 11.1. The Labute approximate surface area is 118 Å². The maximum absolute atomic E-state index is 10.7. The number of rotatable bonds is 1. The molecule has 20 heavy (non-hydrogen) atoms. The summed E-state index contributed by atoms with van der Waals surface area (Å²) in [6.45, 7) is 0. The van der Waals surface area contributed by atoms with Crippen molar-refractivity contribution in [2.45, 2.75) is 37.8 Å². The zero-order valence-electron chi connectivity index (χ0n) is 11.4. The van der Waals surface area contributed by atoms with Crippen LogP contribution in [0.3, 0.4) is 0 Å². The Balaban J connectivity index is 1.59. The lowest BCUT2D eigenvalue weighted by molar-refractivity contribution is -0.173. The summed E-state index contributed by atoms with van der Waals surface area (Å²) in [6, 6.07) is 8.86. The molecule has 1 N–H and O–H groups in total. The lowest BCUT2D eigenvalue weighted by Gasteiger charge is -2.60. The second kappa shape index (κ2) is 3.53. The van der Waals surface area contributed by atoms with Crippen LogP contribution in [-0.4, -0.2) is 20.8 Å². The predicted octanol–water partition coefficient (Wildman–Crippen LogP) is 3.00. The van der Waals surface area contributed by atoms with E-state index in [0.29, 0.717) is 5.92 Å². The van der Waals surface area contributed by atoms with E-state index in [2.05, 4.69) is 33.8 Å². The molecule has 2 saturated carbocycles. The van der Waals surface area contributed by atoms with Gasteiger partial charge in [0.05, 0.1) is 30.4 Å². The van der Waals surface area contributed by atoms with E-state index < -0.39 is 0 Å². The fourth-order valence-electron chi connectivity index (χ4n) is 4.72. The summed E-state index contributed by atoms with van der Waals surface area (Å²) in [5.74, 6) is 0.354. The molecule has 1 spiro atoms. The third-order valence-electron chi connectivity index (χ3n) is 5.95. The van der Waals surface area contributed by atoms with Crippen LogP contribution in [0.15, 0.2) is 36.8 Å². The van der Waals surface area contributed by atoms with Crippen LogP contribution in [0.4, 0.5) is 0 Å². The summed E-state index contributed by atoms with van der Waals surface area (Å²) in [5.41, 5.74) is 4.12. The van der Waals surface area contributed by atoms with E-state index in [0.717, 1.165) is 0 Å². The van der Waals surface area contributed by atoms with Crippen LogP contribution in [0.25, 0.3) is 11.3 Å². The molecule has 3 heteroatoms. The van der Waals surface area contributed by atoms with Gasteiger partial charge in [0.2, 0.25) is 0 Å². The molecule has 0 radical (unpaired) electrons. The maximum atomic E-state index is 10.7. The number of benzene rings is 1. The zero-order valence-corrected chi connectivity index (χ0v) is 11.4. The molecular weight excluding hydrogens is 248 g/mol. The van der Waals surface area contributed by atoms with Crippen molar-refractivity contribution in [1.82, 2.24) is 9.55 Å². The molecule has 2 heterocycles. The van der Waals surface area contributed by atoms with Gasteiger partial charge in [-0.15, -0.1) is 0 Å². The van der Waals surface area contributed by atoms with Gasteiger partial charge in [0.25, 0.3) is 0 Å². The molecule has 0 unspecified atom stereocenters. The van der Waals surface area contributed by atoms with Crippen LogP contribution in [0.1, 0.15) is 37.3 Å². The van der Waals surface area contributed by atoms with Crippen LogP contribution >= 0.6 is 0 Å². The molecule has 1 aromatic heterocycles. The van der Waals surface area contributed by atoms with Gasteiger partial charge in [0.15, 0.2) is 0 Å². The van der Waals surface area contributed by atoms with Gasteiger partial charge in [-0.1, -0.05) is 30.7 Å². The van der Waals surface area contributed by atoms with Gasteiger partial charge in [-0.2, -0.15) is 0 Å². The van der Waals surface area contributed by atoms with E-state index in [1.54, 1.807) is 0 Å². The molecule has 2 aromatic rings. The number of hydrogen-bond donors (Lipinski definition) is 1. The number of nitrogens with zero attached hydrogens (tertiary/aromatic N) is 2. The van der Waals surface area contributed by atoms with Gasteiger partial charge in [-0.25, -0.2) is 4.98 Å². The maximum Gasteiger partial charge on any atom is 0.0956 e. The van der Waals surface area contributed by atoms with E-state index in [1.165, 1.54) is 42.5 Å². The fourth-order valence-corrected chi connectivity index (χ4v) is 4.72. The first-order valence-corrected chi connectivity index (χ1v) is 7.59. The molecule has 2 fully saturated rings. The Kier molecular flexibility index (Phi) is 1.96. The lowest BCUT2D eigenvalue weighted by Crippen LogP contribution is -2.58. The van der Waals surface area contributed by atoms with Gasteiger partial charge in [0, 0.05) is 11.5 Å². The SMILES string of the molecule is O[C@H]1[C@H]([C@H]2c3ccccc3-c3cncn32)CC12CCC2. The lowest BCUT2D eigenvalue weighted by atomic mass is 9.48. The average molecular weight is 266 g/mol. The van der Waals surface area contributed by atoms with Crippen molar-refractivity contribution in [3.63, 3.8) is 0 Å². The summed E-state index contributed by atoms with van der Waals surface area (Å²) >= 11 is 0. The molecule has 1 aromatic carbocycles. The monoisotopic (exact) mass is 266 g/mol. The number of fused-ring (bicyclic) bond motifs is 3. The van der Waals surface area contributed by atoms with Crippen LogP contribution in [-0.2, 0) is 0 Å². The quantitative estimate of drug-likeness (QED) is 0.861. The van der Waals surface area contributed by atoms with Crippen LogP contribution in [0.5, 0.6) is 0 Å². The van der Waals surface area contributed by atoms with Gasteiger partial charge in [0.1, 0.15) is 0 Å². The molecule has 102 valence electrons. The summed E-state index contributed by atoms with van der Waals surface area (Å²) in [7, 11) is 0. The number of aliphatic hydroxyl groups is 1. The van der Waals surface area contributed by atoms with Crippen molar-refractivity contribution in [3.8, 4) is 11.3 Å². The minimum absolute atomic E-state index is 0.136. The van der Waals surface area contributed by atoms with Crippen molar-refractivity contribution < 1.29 is 5.11 Å². The molecule has 3 aliphatic rings. The number of aromatic nitrogens is 2. The van der Waals surface area contributed by atoms with Gasteiger partial charge in [-0.05, 0) is 30.2 Å². The van der Waals surface area contributed by atoms with Crippen molar-refractivity contribution in [1.29, 1.82) is 0 Å². The highest BCUT2D eigenvalue weighted by atomic mass is 16.3. The minimum Gasteiger partial charge on any atom is -0.392 e. The fraction of sp³-hybridized carbons (Fsp3) is 0.471. The second-order valence-electron chi connectivity index (χ2n) is 6.75. The summed E-state index contributed by atoms with van der Waals surface area (Å²) in [4.78, 5) is 4.31. The highest BCUT2D eigenvalue weighted by molar-refractivity contribution is 5.69. The number of hydrogen-bond acceptors (Lipinski definition) is 2. The zero-order chi connectivity index (χ0) is 13.3. The van der Waals surface area contributed by atoms with E-state index >= 15 is 0 Å². The Morgan fingerprint density at radius 2 is 2.10 bits per heavy atom. The smallest absolute Gasteiger partial charge is 0.0956 e. The Hall–Kier alpha value is -1.61. The largest absolute Gasteiger partial charge is 0.392 e.